The Hall–Kier alpha value is -3.90. The molecule has 0 unspecified atom stereocenters. The van der Waals surface area contributed by atoms with Crippen molar-refractivity contribution in [1.29, 1.82) is 0 Å². The number of amides is 2. The zero-order valence-electron chi connectivity index (χ0n) is 22.3. The summed E-state index contributed by atoms with van der Waals surface area (Å²) in [6, 6.07) is 11.7. The van der Waals surface area contributed by atoms with E-state index in [-0.39, 0.29) is 35.6 Å². The Labute approximate surface area is 236 Å². The Morgan fingerprint density at radius 3 is 2.67 bits per heavy atom. The summed E-state index contributed by atoms with van der Waals surface area (Å²) in [7, 11) is 1.73. The Kier molecular flexibility index (Phi) is 9.78. The van der Waals surface area contributed by atoms with Crippen LogP contribution in [0.1, 0.15) is 41.0 Å². The smallest absolute Gasteiger partial charge is 0.243 e. The van der Waals surface area contributed by atoms with Crippen molar-refractivity contribution in [2.45, 2.75) is 50.2 Å². The molecule has 1 fully saturated rings. The van der Waals surface area contributed by atoms with Gasteiger partial charge in [0.25, 0.3) is 0 Å². The molecule has 0 radical (unpaired) electrons. The third-order valence-corrected chi connectivity index (χ3v) is 7.94. The number of halogens is 1. The van der Waals surface area contributed by atoms with Crippen LogP contribution in [0.15, 0.2) is 53.5 Å². The van der Waals surface area contributed by atoms with Gasteiger partial charge in [0.2, 0.25) is 17.6 Å². The van der Waals surface area contributed by atoms with E-state index in [0.717, 1.165) is 16.9 Å². The predicted molar refractivity (Wildman–Crippen MR) is 153 cm³/mol. The van der Waals surface area contributed by atoms with Gasteiger partial charge in [-0.1, -0.05) is 30.3 Å². The zero-order chi connectivity index (χ0) is 28.6. The quantitative estimate of drug-likeness (QED) is 0.113. The molecule has 1 aliphatic rings. The molecule has 0 saturated carbocycles. The third kappa shape index (κ3) is 7.19. The van der Waals surface area contributed by atoms with Crippen molar-refractivity contribution < 1.29 is 18.8 Å². The highest BCUT2D eigenvalue weighted by atomic mass is 32.1. The van der Waals surface area contributed by atoms with Gasteiger partial charge >= 0.3 is 0 Å². The first-order valence-corrected chi connectivity index (χ1v) is 14.1. The Morgan fingerprint density at radius 2 is 1.95 bits per heavy atom. The van der Waals surface area contributed by atoms with Crippen molar-refractivity contribution in [2.75, 3.05) is 20.1 Å². The number of likely N-dealkylation sites (N-methyl/N-ethyl adjacent to an activating group) is 1. The molecule has 212 valence electrons. The van der Waals surface area contributed by atoms with E-state index in [1.807, 2.05) is 30.3 Å². The predicted octanol–water partition coefficient (Wildman–Crippen LogP) is 1.98. The van der Waals surface area contributed by atoms with Crippen LogP contribution >= 0.6 is 11.3 Å². The number of benzene rings is 2. The molecule has 3 aromatic rings. The number of nitrogens with two attached hydrogens (primary N) is 2. The van der Waals surface area contributed by atoms with Gasteiger partial charge < -0.3 is 27.0 Å². The van der Waals surface area contributed by atoms with Crippen LogP contribution in [0.5, 0.6) is 0 Å². The molecule has 1 aromatic heterocycles. The molecule has 4 rings (SSSR count). The van der Waals surface area contributed by atoms with Crippen LogP contribution in [0.3, 0.4) is 0 Å². The molecular formula is C28H34FN7O3S. The number of guanidine groups is 1. The number of nitrogens with one attached hydrogen (secondary N) is 2. The maximum atomic E-state index is 13.7. The maximum Gasteiger partial charge on any atom is 0.243 e. The van der Waals surface area contributed by atoms with E-state index >= 15 is 0 Å². The van der Waals surface area contributed by atoms with Crippen LogP contribution in [0, 0.1) is 5.82 Å². The van der Waals surface area contributed by atoms with Gasteiger partial charge in [-0.3, -0.25) is 19.4 Å². The van der Waals surface area contributed by atoms with Crippen molar-refractivity contribution in [3.63, 3.8) is 0 Å². The summed E-state index contributed by atoms with van der Waals surface area (Å²) in [5.41, 5.74) is 12.3. The van der Waals surface area contributed by atoms with Crippen molar-refractivity contribution in [1.82, 2.24) is 20.5 Å². The van der Waals surface area contributed by atoms with Gasteiger partial charge in [-0.2, -0.15) is 0 Å². The van der Waals surface area contributed by atoms with E-state index in [2.05, 4.69) is 20.6 Å². The van der Waals surface area contributed by atoms with Crippen LogP contribution in [-0.4, -0.2) is 71.7 Å². The topological polar surface area (TPSA) is 156 Å². The second kappa shape index (κ2) is 13.4. The average molecular weight is 568 g/mol. The molecule has 3 atom stereocenters. The van der Waals surface area contributed by atoms with Crippen molar-refractivity contribution in [3.05, 3.63) is 64.9 Å². The number of aromatic nitrogens is 1. The molecule has 0 aliphatic carbocycles. The van der Waals surface area contributed by atoms with Gasteiger partial charge in [-0.05, 0) is 62.9 Å². The van der Waals surface area contributed by atoms with Crippen molar-refractivity contribution >= 4 is 45.1 Å². The molecule has 12 heteroatoms. The summed E-state index contributed by atoms with van der Waals surface area (Å²) < 4.78 is 14.2. The summed E-state index contributed by atoms with van der Waals surface area (Å²) >= 11 is 1.07. The molecule has 0 spiro atoms. The lowest BCUT2D eigenvalue weighted by Gasteiger charge is -2.29. The lowest BCUT2D eigenvalue weighted by Crippen LogP contribution is -2.54. The molecule has 1 saturated heterocycles. The van der Waals surface area contributed by atoms with E-state index in [9.17, 15) is 18.8 Å². The lowest BCUT2D eigenvalue weighted by atomic mass is 10.0. The van der Waals surface area contributed by atoms with Crippen LogP contribution in [0.25, 0.3) is 10.2 Å². The number of thiazole rings is 1. The van der Waals surface area contributed by atoms with Crippen LogP contribution in [0.4, 0.5) is 4.39 Å². The van der Waals surface area contributed by atoms with E-state index < -0.39 is 29.8 Å². The minimum atomic E-state index is -0.908. The second-order valence-electron chi connectivity index (χ2n) is 9.73. The van der Waals surface area contributed by atoms with E-state index in [4.69, 9.17) is 11.5 Å². The van der Waals surface area contributed by atoms with Crippen molar-refractivity contribution in [2.24, 2.45) is 16.5 Å². The summed E-state index contributed by atoms with van der Waals surface area (Å²) in [6.45, 7) is 0.737. The number of aliphatic imine (C=N–C) groups is 1. The van der Waals surface area contributed by atoms with Gasteiger partial charge in [0.1, 0.15) is 11.9 Å². The van der Waals surface area contributed by atoms with E-state index in [0.29, 0.717) is 42.4 Å². The Balaban J connectivity index is 1.49. The van der Waals surface area contributed by atoms with Gasteiger partial charge in [0.05, 0.1) is 22.3 Å². The molecule has 1 aliphatic heterocycles. The number of ketones is 1. The normalized spacial score (nSPS) is 16.4. The Bertz CT molecular complexity index is 1380. The number of carbonyl (C=O) groups excluding carboxylic acids is 3. The first kappa shape index (κ1) is 29.1. The SMILES string of the molecule is CN[C@H](Cc1ccccc1)C(=O)N1CCC[C@H]1C(=O)N[C@@H](CCCN=C(N)N)C(=O)c1nc2ccc(F)cc2s1. The number of likely N-dealkylation sites (tertiary alicyclic amines) is 1. The molecule has 2 heterocycles. The summed E-state index contributed by atoms with van der Waals surface area (Å²) in [6.07, 6.45) is 2.36. The van der Waals surface area contributed by atoms with Crippen LogP contribution in [0.2, 0.25) is 0 Å². The highest BCUT2D eigenvalue weighted by Crippen LogP contribution is 2.25. The first-order valence-electron chi connectivity index (χ1n) is 13.2. The maximum absolute atomic E-state index is 13.7. The molecule has 2 amide bonds. The number of hydrogen-bond donors (Lipinski definition) is 4. The zero-order valence-corrected chi connectivity index (χ0v) is 23.1. The number of carbonyl (C=O) groups is 3. The first-order chi connectivity index (χ1) is 19.3. The minimum absolute atomic E-state index is 0.0604. The highest BCUT2D eigenvalue weighted by molar-refractivity contribution is 7.20. The fraction of sp³-hybridized carbons (Fsp3) is 0.393. The summed E-state index contributed by atoms with van der Waals surface area (Å²) in [4.78, 5) is 50.4. The van der Waals surface area contributed by atoms with E-state index in [1.54, 1.807) is 11.9 Å². The van der Waals surface area contributed by atoms with Gasteiger partial charge in [-0.25, -0.2) is 9.37 Å². The molecule has 2 aromatic carbocycles. The molecular weight excluding hydrogens is 533 g/mol. The molecule has 10 nitrogen and oxygen atoms in total. The monoisotopic (exact) mass is 567 g/mol. The third-order valence-electron chi connectivity index (χ3n) is 6.91. The van der Waals surface area contributed by atoms with Gasteiger partial charge in [0, 0.05) is 13.1 Å². The number of hydrogen-bond acceptors (Lipinski definition) is 7. The number of Topliss-reactive ketones (excluding diaryl/α,β-unsaturated/α-hetero) is 1. The molecule has 6 N–H and O–H groups in total. The van der Waals surface area contributed by atoms with Gasteiger partial charge in [-0.15, -0.1) is 11.3 Å². The fourth-order valence-electron chi connectivity index (χ4n) is 4.86. The minimum Gasteiger partial charge on any atom is -0.370 e. The summed E-state index contributed by atoms with van der Waals surface area (Å²) in [5.74, 6) is -1.42. The number of nitrogens with zero attached hydrogens (tertiary/aromatic N) is 3. The molecule has 40 heavy (non-hydrogen) atoms. The van der Waals surface area contributed by atoms with Crippen LogP contribution in [-0.2, 0) is 16.0 Å². The Morgan fingerprint density at radius 1 is 1.18 bits per heavy atom. The highest BCUT2D eigenvalue weighted by Gasteiger charge is 2.38. The van der Waals surface area contributed by atoms with Crippen molar-refractivity contribution in [3.8, 4) is 0 Å². The summed E-state index contributed by atoms with van der Waals surface area (Å²) in [5, 5.41) is 6.13. The lowest BCUT2D eigenvalue weighted by molar-refractivity contribution is -0.140. The number of fused-ring (bicyclic) bond motifs is 1. The largest absolute Gasteiger partial charge is 0.370 e. The average Bonchev–Trinajstić information content (AvgIpc) is 3.60. The van der Waals surface area contributed by atoms with Crippen LogP contribution < -0.4 is 22.1 Å². The fourth-order valence-corrected chi connectivity index (χ4v) is 5.84. The molecule has 0 bridgehead atoms. The second-order valence-corrected chi connectivity index (χ2v) is 10.8. The standard InChI is InChI=1S/C28H34FN7O3S/c1-32-21(15-17-7-3-2-4-8-17)27(39)36-14-6-10-22(36)25(38)34-20(9-5-13-33-28(30)31)24(37)26-35-19-12-11-18(29)16-23(19)40-26/h2-4,7-8,11-12,16,20-22,32H,5-6,9-10,13-15H2,1H3,(H,34,38)(H4,30,31,33)/t20-,21+,22-/m0/s1. The van der Waals surface area contributed by atoms with E-state index in [1.165, 1.54) is 18.2 Å². The number of rotatable bonds is 12. The van der Waals surface area contributed by atoms with Gasteiger partial charge in [0.15, 0.2) is 11.0 Å².